The van der Waals surface area contributed by atoms with E-state index < -0.39 is 24.0 Å². The molecular weight excluding hydrogens is 769 g/mol. The Balaban J connectivity index is 1.21. The van der Waals surface area contributed by atoms with Crippen LogP contribution in [0.25, 0.3) is 0 Å². The number of halogens is 2. The largest absolute Gasteiger partial charge is 0.545 e. The van der Waals surface area contributed by atoms with Crippen LogP contribution in [0.4, 0.5) is 4.79 Å². The first-order valence-corrected chi connectivity index (χ1v) is 19.5. The molecule has 2 N–H and O–H groups in total. The van der Waals surface area contributed by atoms with Crippen molar-refractivity contribution in [2.45, 2.75) is 43.9 Å². The molecule has 296 valence electrons. The maximum absolute atomic E-state index is 13.4. The second-order valence-corrected chi connectivity index (χ2v) is 15.1. The lowest BCUT2D eigenvalue weighted by atomic mass is 9.82. The number of hydrogen-bond acceptors (Lipinski definition) is 9. The zero-order valence-electron chi connectivity index (χ0n) is 31.5. The van der Waals surface area contributed by atoms with Crippen LogP contribution in [0.1, 0.15) is 68.5 Å². The van der Waals surface area contributed by atoms with Gasteiger partial charge in [-0.1, -0.05) is 89.9 Å². The van der Waals surface area contributed by atoms with Crippen LogP contribution in [0, 0.1) is 5.92 Å². The number of nitrogens with zero attached hydrogens (tertiary/aromatic N) is 2. The lowest BCUT2D eigenvalue weighted by Crippen LogP contribution is -2.52. The minimum atomic E-state index is -1.37. The molecule has 3 aliphatic rings. The van der Waals surface area contributed by atoms with Gasteiger partial charge >= 0.3 is 6.09 Å². The number of nitrogens with one attached hydrogen (secondary N) is 1. The number of amides is 1. The Hall–Kier alpha value is -5.49. The lowest BCUT2D eigenvalue weighted by molar-refractivity contribution is -0.904. The number of alkyl carbamates (subject to hydrolysis) is 1. The van der Waals surface area contributed by atoms with Crippen molar-refractivity contribution in [1.29, 1.82) is 0 Å². The van der Waals surface area contributed by atoms with Gasteiger partial charge in [0.2, 0.25) is 12.4 Å². The van der Waals surface area contributed by atoms with Gasteiger partial charge < -0.3 is 34.2 Å². The predicted octanol–water partition coefficient (Wildman–Crippen LogP) is 6.76. The number of carboxylic acid groups (broad SMARTS) is 1. The first-order chi connectivity index (χ1) is 27.6. The number of rotatable bonds is 14. The summed E-state index contributed by atoms with van der Waals surface area (Å²) in [6, 6.07) is 26.8. The van der Waals surface area contributed by atoms with Crippen molar-refractivity contribution < 1.29 is 43.6 Å². The number of carboxylic acids is 1. The van der Waals surface area contributed by atoms with E-state index in [0.717, 1.165) is 53.9 Å². The fourth-order valence-electron chi connectivity index (χ4n) is 7.98. The molecule has 1 amide bonds. The smallest absolute Gasteiger partial charge is 0.408 e. The predicted molar refractivity (Wildman–Crippen MR) is 211 cm³/mol. The van der Waals surface area contributed by atoms with Gasteiger partial charge in [0.25, 0.3) is 0 Å². The molecule has 3 fully saturated rings. The van der Waals surface area contributed by atoms with Crippen LogP contribution in [-0.2, 0) is 17.8 Å². The molecule has 2 unspecified atom stereocenters. The molecule has 3 saturated heterocycles. The molecule has 4 aromatic carbocycles. The molecule has 0 saturated carbocycles. The average Bonchev–Trinajstić information content (AvgIpc) is 3.22. The quantitative estimate of drug-likeness (QED) is 0.0922. The standard InChI is InChI=1S/C44H43Cl2N3O8/c1-54-39-15-14-29(21-40(39)55-2)34(22-35-37(45)23-49(53)24-38(35)46)32-12-7-13-33(43(50)51)36(32)26-56-31-11-6-10-30(20-31)42(28-8-4-3-5-9-28)47-44(52)57-41-25-48-18-16-27(41)17-19-48/h3-15,20-21,23-24,27,34,41-42H,16-19,22,25-26H2,1-2H3,(H2-,47,50,51,52,53)/t34?,41-,42?/m0/s1. The maximum Gasteiger partial charge on any atom is 0.408 e. The highest BCUT2D eigenvalue weighted by Gasteiger charge is 2.37. The van der Waals surface area contributed by atoms with Crippen molar-refractivity contribution in [1.82, 2.24) is 10.2 Å². The summed E-state index contributed by atoms with van der Waals surface area (Å²) in [5.41, 5.74) is 3.83. The molecule has 57 heavy (non-hydrogen) atoms. The fraction of sp³-hybridized carbons (Fsp3) is 0.295. The molecule has 0 spiro atoms. The van der Waals surface area contributed by atoms with E-state index in [-0.39, 0.29) is 34.7 Å². The second-order valence-electron chi connectivity index (χ2n) is 14.3. The van der Waals surface area contributed by atoms with Gasteiger partial charge in [0.15, 0.2) is 11.5 Å². The van der Waals surface area contributed by atoms with Crippen LogP contribution in [0.15, 0.2) is 103 Å². The minimum Gasteiger partial charge on any atom is -0.545 e. The molecule has 13 heteroatoms. The summed E-state index contributed by atoms with van der Waals surface area (Å²) in [5.74, 6) is -0.112. The van der Waals surface area contributed by atoms with Crippen LogP contribution in [0.5, 0.6) is 17.2 Å². The summed E-state index contributed by atoms with van der Waals surface area (Å²) < 4.78 is 24.3. The summed E-state index contributed by atoms with van der Waals surface area (Å²) in [4.78, 5) is 28.5. The third-order valence-corrected chi connectivity index (χ3v) is 11.6. The van der Waals surface area contributed by atoms with E-state index in [1.165, 1.54) is 25.6 Å². The van der Waals surface area contributed by atoms with Crippen LogP contribution in [0.3, 0.4) is 0 Å². The van der Waals surface area contributed by atoms with E-state index in [9.17, 15) is 19.9 Å². The fourth-order valence-corrected chi connectivity index (χ4v) is 8.58. The molecule has 8 rings (SSSR count). The molecule has 4 heterocycles. The van der Waals surface area contributed by atoms with E-state index >= 15 is 0 Å². The summed E-state index contributed by atoms with van der Waals surface area (Å²) in [5, 5.41) is 26.3. The van der Waals surface area contributed by atoms with Gasteiger partial charge in [-0.15, -0.1) is 0 Å². The summed E-state index contributed by atoms with van der Waals surface area (Å²) in [6.07, 6.45) is 4.28. The molecule has 1 aromatic heterocycles. The van der Waals surface area contributed by atoms with Crippen LogP contribution >= 0.6 is 23.2 Å². The highest BCUT2D eigenvalue weighted by molar-refractivity contribution is 6.35. The zero-order valence-corrected chi connectivity index (χ0v) is 33.0. The minimum absolute atomic E-state index is 0.0492. The molecule has 2 bridgehead atoms. The molecule has 0 aliphatic carbocycles. The Morgan fingerprint density at radius 3 is 2.23 bits per heavy atom. The van der Waals surface area contributed by atoms with Gasteiger partial charge in [0.1, 0.15) is 28.5 Å². The number of carbonyl (C=O) groups is 2. The Labute approximate surface area is 341 Å². The van der Waals surface area contributed by atoms with E-state index in [2.05, 4.69) is 10.2 Å². The molecular formula is C44H43Cl2N3O8. The van der Waals surface area contributed by atoms with Gasteiger partial charge in [-0.2, -0.15) is 0 Å². The Morgan fingerprint density at radius 2 is 1.56 bits per heavy atom. The number of pyridine rings is 1. The average molecular weight is 813 g/mol. The van der Waals surface area contributed by atoms with E-state index in [1.54, 1.807) is 25.3 Å². The summed E-state index contributed by atoms with van der Waals surface area (Å²) in [6.45, 7) is 2.67. The first kappa shape index (κ1) is 39.7. The maximum atomic E-state index is 13.4. The number of methoxy groups -OCH3 is 2. The van der Waals surface area contributed by atoms with Gasteiger partial charge in [-0.25, -0.2) is 4.79 Å². The van der Waals surface area contributed by atoms with Gasteiger partial charge in [0.05, 0.1) is 26.2 Å². The van der Waals surface area contributed by atoms with Crippen molar-refractivity contribution in [3.63, 3.8) is 0 Å². The number of carbonyl (C=O) groups excluding carboxylic acids is 2. The van der Waals surface area contributed by atoms with Crippen molar-refractivity contribution in [3.05, 3.63) is 152 Å². The van der Waals surface area contributed by atoms with Gasteiger partial charge in [-0.05, 0) is 84.8 Å². The second kappa shape index (κ2) is 17.8. The SMILES string of the molecule is COc1ccc(C(Cc2c(Cl)c[n+](O)cc2Cl)c2cccc(C(=O)[O-])c2COc2cccc(C(NC(=O)O[C@H]3CN4CCC3CC4)c3ccccc3)c2)cc1OC. The van der Waals surface area contributed by atoms with Gasteiger partial charge in [0, 0.05) is 33.9 Å². The summed E-state index contributed by atoms with van der Waals surface area (Å²) >= 11 is 13.3. The van der Waals surface area contributed by atoms with Crippen LogP contribution in [-0.4, -0.2) is 62.1 Å². The Kier molecular flexibility index (Phi) is 12.4. The number of ether oxygens (including phenoxy) is 4. The first-order valence-electron chi connectivity index (χ1n) is 18.7. The van der Waals surface area contributed by atoms with Crippen LogP contribution < -0.4 is 29.4 Å². The molecule has 3 atom stereocenters. The number of piperidine rings is 3. The van der Waals surface area contributed by atoms with Crippen molar-refractivity contribution in [3.8, 4) is 17.2 Å². The number of aromatic carboxylic acids is 1. The number of hydrogen-bond donors (Lipinski definition) is 2. The van der Waals surface area contributed by atoms with Crippen molar-refractivity contribution in [2.75, 3.05) is 33.9 Å². The van der Waals surface area contributed by atoms with E-state index in [0.29, 0.717) is 39.9 Å². The van der Waals surface area contributed by atoms with Crippen molar-refractivity contribution >= 4 is 35.3 Å². The monoisotopic (exact) mass is 811 g/mol. The van der Waals surface area contributed by atoms with E-state index in [4.69, 9.17) is 42.1 Å². The summed E-state index contributed by atoms with van der Waals surface area (Å²) in [7, 11) is 3.07. The normalized spacial score (nSPS) is 18.3. The van der Waals surface area contributed by atoms with Gasteiger partial charge in [-0.3, -0.25) is 10.1 Å². The van der Waals surface area contributed by atoms with Crippen LogP contribution in [0.2, 0.25) is 10.0 Å². The zero-order chi connectivity index (χ0) is 40.1. The highest BCUT2D eigenvalue weighted by atomic mass is 35.5. The van der Waals surface area contributed by atoms with Crippen molar-refractivity contribution in [2.24, 2.45) is 5.92 Å². The topological polar surface area (TPSA) is 134 Å². The molecule has 5 aromatic rings. The Morgan fingerprint density at radius 1 is 0.860 bits per heavy atom. The number of aromatic nitrogens is 1. The molecule has 11 nitrogen and oxygen atoms in total. The lowest BCUT2D eigenvalue weighted by Gasteiger charge is -2.43. The number of fused-ring (bicyclic) bond motifs is 3. The van der Waals surface area contributed by atoms with E-state index in [1.807, 2.05) is 66.7 Å². The third kappa shape index (κ3) is 9.06. The number of benzene rings is 4. The molecule has 3 aliphatic heterocycles. The Bertz CT molecular complexity index is 2210. The molecule has 0 radical (unpaired) electrons. The highest BCUT2D eigenvalue weighted by Crippen LogP contribution is 2.40. The third-order valence-electron chi connectivity index (χ3n) is 10.9.